The van der Waals surface area contributed by atoms with Gasteiger partial charge in [0.1, 0.15) is 6.54 Å². The van der Waals surface area contributed by atoms with Crippen molar-refractivity contribution < 1.29 is 4.57 Å². The smallest absolute Gasteiger partial charge is 0.172 e. The molecule has 0 radical (unpaired) electrons. The minimum Gasteiger partial charge on any atom is -0.205 e. The second-order valence-corrected chi connectivity index (χ2v) is 12.4. The summed E-state index contributed by atoms with van der Waals surface area (Å²) in [5.74, 6) is 0. The van der Waals surface area contributed by atoms with E-state index in [1.165, 1.54) is 186 Å². The van der Waals surface area contributed by atoms with E-state index in [-0.39, 0.29) is 0 Å². The molecule has 0 N–H and O–H groups in total. The molecule has 1 aromatic heterocycles. The molecule has 0 aliphatic heterocycles. The van der Waals surface area contributed by atoms with E-state index in [1.807, 2.05) is 0 Å². The number of hydrogen-bond donors (Lipinski definition) is 0. The number of pyridine rings is 1. The summed E-state index contributed by atoms with van der Waals surface area (Å²) in [6.45, 7) is 8.14. The lowest BCUT2D eigenvalue weighted by Crippen LogP contribution is -2.34. The van der Waals surface area contributed by atoms with Crippen LogP contribution in [0.3, 0.4) is 0 Å². The highest BCUT2D eigenvalue weighted by atomic mass is 14.9. The van der Waals surface area contributed by atoms with E-state index in [9.17, 15) is 0 Å². The van der Waals surface area contributed by atoms with Gasteiger partial charge in [-0.05, 0) is 37.7 Å². The topological polar surface area (TPSA) is 3.88 Å². The average molecular weight is 529 g/mol. The summed E-state index contributed by atoms with van der Waals surface area (Å²) in [6, 6.07) is 2.47. The van der Waals surface area contributed by atoms with Gasteiger partial charge < -0.3 is 0 Å². The van der Waals surface area contributed by atoms with E-state index < -0.39 is 0 Å². The minimum atomic E-state index is 1.21. The molecule has 0 saturated carbocycles. The largest absolute Gasteiger partial charge is 0.205 e. The molecule has 1 nitrogen and oxygen atoms in total. The van der Waals surface area contributed by atoms with E-state index in [2.05, 4.69) is 43.8 Å². The van der Waals surface area contributed by atoms with Crippen LogP contribution >= 0.6 is 0 Å². The molecular weight excluding hydrogens is 458 g/mol. The van der Waals surface area contributed by atoms with Crippen LogP contribution in [-0.2, 0) is 19.4 Å². The second-order valence-electron chi connectivity index (χ2n) is 12.4. The van der Waals surface area contributed by atoms with Crippen LogP contribution in [-0.4, -0.2) is 0 Å². The van der Waals surface area contributed by atoms with Gasteiger partial charge in [-0.3, -0.25) is 0 Å². The van der Waals surface area contributed by atoms with Crippen molar-refractivity contribution in [2.45, 2.75) is 207 Å². The SMILES string of the molecule is CCCCCCCCCCCCCCCC[n+]1ccc(CCCCCCCC)c(CCCCCCCC)c1. The van der Waals surface area contributed by atoms with Crippen molar-refractivity contribution in [1.29, 1.82) is 0 Å². The van der Waals surface area contributed by atoms with Gasteiger partial charge in [-0.2, -0.15) is 0 Å². The standard InChI is InChI=1S/C37H70N/c1-4-7-10-13-16-17-18-19-20-21-22-23-26-29-33-38-34-32-36(30-27-24-14-11-8-5-2)37(35-38)31-28-25-15-12-9-6-3/h32,34-35H,4-31,33H2,1-3H3/q+1. The molecule has 0 fully saturated rings. The number of aromatic nitrogens is 1. The lowest BCUT2D eigenvalue weighted by atomic mass is 9.98. The summed E-state index contributed by atoms with van der Waals surface area (Å²) >= 11 is 0. The summed E-state index contributed by atoms with van der Waals surface area (Å²) < 4.78 is 2.51. The molecule has 0 aromatic carbocycles. The quantitative estimate of drug-likeness (QED) is 0.0719. The van der Waals surface area contributed by atoms with Crippen LogP contribution in [0.1, 0.15) is 199 Å². The lowest BCUT2D eigenvalue weighted by Gasteiger charge is -2.09. The monoisotopic (exact) mass is 529 g/mol. The summed E-state index contributed by atoms with van der Waals surface area (Å²) in [6.07, 6.45) is 44.4. The highest BCUT2D eigenvalue weighted by Crippen LogP contribution is 2.17. The first-order valence-electron chi connectivity index (χ1n) is 17.8. The summed E-state index contributed by atoms with van der Waals surface area (Å²) in [5.41, 5.74) is 3.30. The molecule has 1 rings (SSSR count). The molecule has 222 valence electrons. The number of hydrogen-bond acceptors (Lipinski definition) is 0. The molecule has 1 heterocycles. The van der Waals surface area contributed by atoms with Crippen molar-refractivity contribution in [1.82, 2.24) is 0 Å². The first-order chi connectivity index (χ1) is 18.8. The van der Waals surface area contributed by atoms with Gasteiger partial charge in [0.2, 0.25) is 0 Å². The van der Waals surface area contributed by atoms with Gasteiger partial charge in [-0.15, -0.1) is 0 Å². The second kappa shape index (κ2) is 27.7. The third-order valence-corrected chi connectivity index (χ3v) is 8.57. The Hall–Kier alpha value is -0.850. The zero-order chi connectivity index (χ0) is 27.4. The van der Waals surface area contributed by atoms with Crippen LogP contribution in [0.5, 0.6) is 0 Å². The molecule has 38 heavy (non-hydrogen) atoms. The molecule has 0 bridgehead atoms. The zero-order valence-corrected chi connectivity index (χ0v) is 26.7. The van der Waals surface area contributed by atoms with Crippen LogP contribution < -0.4 is 4.57 Å². The van der Waals surface area contributed by atoms with Crippen molar-refractivity contribution in [2.75, 3.05) is 0 Å². The van der Waals surface area contributed by atoms with E-state index >= 15 is 0 Å². The van der Waals surface area contributed by atoms with Crippen molar-refractivity contribution in [2.24, 2.45) is 0 Å². The van der Waals surface area contributed by atoms with Crippen molar-refractivity contribution in [3.63, 3.8) is 0 Å². The van der Waals surface area contributed by atoms with Crippen LogP contribution in [0.4, 0.5) is 0 Å². The van der Waals surface area contributed by atoms with Crippen molar-refractivity contribution in [3.8, 4) is 0 Å². The van der Waals surface area contributed by atoms with Gasteiger partial charge in [0.05, 0.1) is 0 Å². The summed E-state index contributed by atoms with van der Waals surface area (Å²) in [7, 11) is 0. The zero-order valence-electron chi connectivity index (χ0n) is 26.7. The van der Waals surface area contributed by atoms with Crippen LogP contribution in [0.25, 0.3) is 0 Å². The minimum absolute atomic E-state index is 1.21. The lowest BCUT2D eigenvalue weighted by molar-refractivity contribution is -0.697. The van der Waals surface area contributed by atoms with E-state index in [4.69, 9.17) is 0 Å². The maximum atomic E-state index is 2.53. The Morgan fingerprint density at radius 1 is 0.395 bits per heavy atom. The van der Waals surface area contributed by atoms with Crippen LogP contribution in [0, 0.1) is 0 Å². The maximum absolute atomic E-state index is 2.53. The highest BCUT2D eigenvalue weighted by Gasteiger charge is 2.10. The highest BCUT2D eigenvalue weighted by molar-refractivity contribution is 5.21. The fraction of sp³-hybridized carbons (Fsp3) is 0.865. The van der Waals surface area contributed by atoms with Gasteiger partial charge in [0.15, 0.2) is 12.4 Å². The van der Waals surface area contributed by atoms with Crippen molar-refractivity contribution in [3.05, 3.63) is 29.6 Å². The fourth-order valence-corrected chi connectivity index (χ4v) is 5.91. The number of rotatable bonds is 29. The third kappa shape index (κ3) is 21.0. The summed E-state index contributed by atoms with van der Waals surface area (Å²) in [5, 5.41) is 0. The predicted octanol–water partition coefficient (Wildman–Crippen LogP) is 12.3. The number of unbranched alkanes of at least 4 members (excludes halogenated alkanes) is 23. The van der Waals surface area contributed by atoms with Gasteiger partial charge in [0, 0.05) is 18.1 Å². The Morgan fingerprint density at radius 3 is 1.16 bits per heavy atom. The Morgan fingerprint density at radius 2 is 0.737 bits per heavy atom. The predicted molar refractivity (Wildman–Crippen MR) is 171 cm³/mol. The van der Waals surface area contributed by atoms with Crippen molar-refractivity contribution >= 4 is 0 Å². The van der Waals surface area contributed by atoms with E-state index in [0.717, 1.165) is 0 Å². The van der Waals surface area contributed by atoms with E-state index in [1.54, 1.807) is 11.1 Å². The first kappa shape index (κ1) is 35.2. The molecule has 0 spiro atoms. The first-order valence-corrected chi connectivity index (χ1v) is 17.8. The molecule has 0 atom stereocenters. The molecule has 0 saturated heterocycles. The molecule has 1 aromatic rings. The van der Waals surface area contributed by atoms with Crippen LogP contribution in [0.15, 0.2) is 18.5 Å². The fourth-order valence-electron chi connectivity index (χ4n) is 5.91. The molecule has 0 aliphatic rings. The van der Waals surface area contributed by atoms with Gasteiger partial charge in [0.25, 0.3) is 0 Å². The van der Waals surface area contributed by atoms with Crippen LogP contribution in [0.2, 0.25) is 0 Å². The number of aryl methyl sites for hydroxylation is 3. The van der Waals surface area contributed by atoms with Gasteiger partial charge in [-0.25, -0.2) is 4.57 Å². The Kier molecular flexibility index (Phi) is 25.6. The van der Waals surface area contributed by atoms with Gasteiger partial charge >= 0.3 is 0 Å². The molecule has 0 aliphatic carbocycles. The van der Waals surface area contributed by atoms with E-state index in [0.29, 0.717) is 0 Å². The molecule has 1 heteroatoms. The summed E-state index contributed by atoms with van der Waals surface area (Å²) in [4.78, 5) is 0. The Bertz CT molecular complexity index is 607. The normalized spacial score (nSPS) is 11.4. The molecular formula is C37H70N+. The Labute approximate surface area is 241 Å². The maximum Gasteiger partial charge on any atom is 0.172 e. The number of nitrogens with zero attached hydrogens (tertiary/aromatic N) is 1. The third-order valence-electron chi connectivity index (χ3n) is 8.57. The van der Waals surface area contributed by atoms with Gasteiger partial charge in [-0.1, -0.05) is 162 Å². The molecule has 0 amide bonds. The Balaban J connectivity index is 2.25. The average Bonchev–Trinajstić information content (AvgIpc) is 2.93. The molecule has 0 unspecified atom stereocenters.